The monoisotopic (exact) mass is 237 g/mol. The quantitative estimate of drug-likeness (QED) is 0.825. The van der Waals surface area contributed by atoms with Crippen molar-refractivity contribution in [3.05, 3.63) is 29.6 Å². The van der Waals surface area contributed by atoms with E-state index >= 15 is 0 Å². The second-order valence-corrected chi connectivity index (χ2v) is 5.37. The highest BCUT2D eigenvalue weighted by Gasteiger charge is 2.44. The summed E-state index contributed by atoms with van der Waals surface area (Å²) < 4.78 is 13.1. The number of halogens is 1. The van der Waals surface area contributed by atoms with Gasteiger partial charge in [0.05, 0.1) is 0 Å². The molecule has 0 radical (unpaired) electrons. The molecule has 1 aliphatic carbocycles. The number of phenols is 1. The van der Waals surface area contributed by atoms with Gasteiger partial charge in [0.1, 0.15) is 0 Å². The number of hydrogen-bond donors (Lipinski definition) is 2. The molecule has 0 aromatic heterocycles. The molecule has 1 aliphatic rings. The Bertz CT molecular complexity index is 399. The highest BCUT2D eigenvalue weighted by molar-refractivity contribution is 5.33. The summed E-state index contributed by atoms with van der Waals surface area (Å²) in [5, 5.41) is 12.9. The average molecular weight is 237 g/mol. The number of aromatic hydroxyl groups is 1. The smallest absolute Gasteiger partial charge is 0.165 e. The predicted octanol–water partition coefficient (Wildman–Crippen LogP) is 3.06. The molecule has 0 atom stereocenters. The number of benzene rings is 1. The van der Waals surface area contributed by atoms with E-state index < -0.39 is 5.82 Å². The molecule has 1 aromatic rings. The van der Waals surface area contributed by atoms with Crippen LogP contribution < -0.4 is 5.32 Å². The Hall–Kier alpha value is -1.09. The number of rotatable bonds is 5. The first-order valence-corrected chi connectivity index (χ1v) is 6.22. The van der Waals surface area contributed by atoms with Crippen LogP contribution >= 0.6 is 0 Å². The third-order valence-electron chi connectivity index (χ3n) is 3.98. The lowest BCUT2D eigenvalue weighted by atomic mass is 9.92. The molecule has 94 valence electrons. The van der Waals surface area contributed by atoms with Crippen molar-refractivity contribution in [2.45, 2.75) is 33.2 Å². The summed E-state index contributed by atoms with van der Waals surface area (Å²) in [6.07, 6.45) is 2.54. The summed E-state index contributed by atoms with van der Waals surface area (Å²) >= 11 is 0. The zero-order valence-electron chi connectivity index (χ0n) is 10.5. The zero-order valence-corrected chi connectivity index (χ0v) is 10.5. The lowest BCUT2D eigenvalue weighted by Crippen LogP contribution is -2.27. The van der Waals surface area contributed by atoms with Crippen LogP contribution in [0.25, 0.3) is 0 Å². The zero-order chi connectivity index (χ0) is 12.5. The lowest BCUT2D eigenvalue weighted by Gasteiger charge is -2.20. The van der Waals surface area contributed by atoms with Crippen LogP contribution in [0.3, 0.4) is 0 Å². The van der Waals surface area contributed by atoms with E-state index in [1.807, 2.05) is 0 Å². The van der Waals surface area contributed by atoms with Gasteiger partial charge in [-0.2, -0.15) is 0 Å². The highest BCUT2D eigenvalue weighted by Crippen LogP contribution is 2.51. The molecule has 0 bridgehead atoms. The fourth-order valence-corrected chi connectivity index (χ4v) is 2.27. The molecule has 0 saturated heterocycles. The van der Waals surface area contributed by atoms with E-state index in [-0.39, 0.29) is 5.75 Å². The molecular weight excluding hydrogens is 217 g/mol. The number of phenolic OH excluding ortho intramolecular Hbond substituents is 1. The minimum Gasteiger partial charge on any atom is -0.505 e. The summed E-state index contributed by atoms with van der Waals surface area (Å²) in [6, 6.07) is 4.65. The van der Waals surface area contributed by atoms with Crippen LogP contribution in [0.15, 0.2) is 18.2 Å². The van der Waals surface area contributed by atoms with Crippen molar-refractivity contribution in [3.63, 3.8) is 0 Å². The number of hydrogen-bond acceptors (Lipinski definition) is 2. The van der Waals surface area contributed by atoms with Crippen LogP contribution in [0.5, 0.6) is 5.75 Å². The Labute approximate surface area is 102 Å². The fourth-order valence-electron chi connectivity index (χ4n) is 2.27. The van der Waals surface area contributed by atoms with Crippen LogP contribution in [-0.2, 0) is 6.54 Å². The summed E-state index contributed by atoms with van der Waals surface area (Å²) in [7, 11) is 0. The summed E-state index contributed by atoms with van der Waals surface area (Å²) in [4.78, 5) is 0. The van der Waals surface area contributed by atoms with Gasteiger partial charge in [-0.25, -0.2) is 4.39 Å². The largest absolute Gasteiger partial charge is 0.505 e. The van der Waals surface area contributed by atoms with Gasteiger partial charge in [0.2, 0.25) is 0 Å². The van der Waals surface area contributed by atoms with Crippen molar-refractivity contribution in [3.8, 4) is 5.75 Å². The lowest BCUT2D eigenvalue weighted by molar-refractivity contribution is 0.336. The van der Waals surface area contributed by atoms with Crippen molar-refractivity contribution in [2.75, 3.05) is 6.54 Å². The first-order valence-electron chi connectivity index (χ1n) is 6.22. The maximum Gasteiger partial charge on any atom is 0.165 e. The van der Waals surface area contributed by atoms with Gasteiger partial charge in [-0.3, -0.25) is 0 Å². The van der Waals surface area contributed by atoms with Gasteiger partial charge in [-0.15, -0.1) is 0 Å². The van der Waals surface area contributed by atoms with E-state index in [9.17, 15) is 9.50 Å². The molecule has 2 nitrogen and oxygen atoms in total. The van der Waals surface area contributed by atoms with Gasteiger partial charge in [-0.1, -0.05) is 26.0 Å². The Balaban J connectivity index is 1.89. The normalized spacial score (nSPS) is 17.4. The summed E-state index contributed by atoms with van der Waals surface area (Å²) in [6.45, 7) is 5.96. The standard InChI is InChI=1S/C14H20FNO/c1-10(2)14(6-7-14)9-16-8-11-4-3-5-12(15)13(11)17/h3-5,10,16-17H,6-9H2,1-2H3. The maximum absolute atomic E-state index is 13.1. The van der Waals surface area contributed by atoms with Gasteiger partial charge in [-0.05, 0) is 30.2 Å². The molecule has 0 heterocycles. The average Bonchev–Trinajstić information content (AvgIpc) is 3.05. The van der Waals surface area contributed by atoms with Gasteiger partial charge < -0.3 is 10.4 Å². The molecule has 1 saturated carbocycles. The minimum atomic E-state index is -0.547. The van der Waals surface area contributed by atoms with E-state index in [1.165, 1.54) is 18.9 Å². The van der Waals surface area contributed by atoms with Crippen molar-refractivity contribution in [1.29, 1.82) is 0 Å². The van der Waals surface area contributed by atoms with Gasteiger partial charge in [0, 0.05) is 18.7 Å². The molecule has 1 fully saturated rings. The molecule has 2 N–H and O–H groups in total. The van der Waals surface area contributed by atoms with Crippen molar-refractivity contribution in [2.24, 2.45) is 11.3 Å². The summed E-state index contributed by atoms with van der Waals surface area (Å²) in [5.74, 6) is -0.0974. The van der Waals surface area contributed by atoms with Gasteiger partial charge in [0.25, 0.3) is 0 Å². The Kier molecular flexibility index (Phi) is 3.38. The summed E-state index contributed by atoms with van der Waals surface area (Å²) in [5.41, 5.74) is 1.06. The number of nitrogens with one attached hydrogen (secondary N) is 1. The molecule has 1 aromatic carbocycles. The molecule has 0 unspecified atom stereocenters. The van der Waals surface area contributed by atoms with Gasteiger partial charge >= 0.3 is 0 Å². The SMILES string of the molecule is CC(C)C1(CNCc2cccc(F)c2O)CC1. The second kappa shape index (κ2) is 4.65. The van der Waals surface area contributed by atoms with E-state index in [1.54, 1.807) is 12.1 Å². The van der Waals surface area contributed by atoms with Crippen LogP contribution in [0.1, 0.15) is 32.3 Å². The van der Waals surface area contributed by atoms with E-state index in [2.05, 4.69) is 19.2 Å². The minimum absolute atomic E-state index is 0.227. The first kappa shape index (κ1) is 12.4. The Morgan fingerprint density at radius 1 is 1.41 bits per heavy atom. The van der Waals surface area contributed by atoms with E-state index in [4.69, 9.17) is 0 Å². The van der Waals surface area contributed by atoms with E-state index in [0.29, 0.717) is 23.4 Å². The third-order valence-corrected chi connectivity index (χ3v) is 3.98. The predicted molar refractivity (Wildman–Crippen MR) is 66.3 cm³/mol. The van der Waals surface area contributed by atoms with Crippen molar-refractivity contribution in [1.82, 2.24) is 5.32 Å². The highest BCUT2D eigenvalue weighted by atomic mass is 19.1. The molecule has 0 amide bonds. The number of para-hydroxylation sites is 1. The van der Waals surface area contributed by atoms with Crippen LogP contribution in [-0.4, -0.2) is 11.7 Å². The van der Waals surface area contributed by atoms with Crippen molar-refractivity contribution < 1.29 is 9.50 Å². The molecule has 17 heavy (non-hydrogen) atoms. The van der Waals surface area contributed by atoms with E-state index in [0.717, 1.165) is 6.54 Å². The van der Waals surface area contributed by atoms with Crippen LogP contribution in [0.2, 0.25) is 0 Å². The fraction of sp³-hybridized carbons (Fsp3) is 0.571. The van der Waals surface area contributed by atoms with Crippen LogP contribution in [0.4, 0.5) is 4.39 Å². The molecule has 3 heteroatoms. The molecule has 2 rings (SSSR count). The topological polar surface area (TPSA) is 32.3 Å². The van der Waals surface area contributed by atoms with Crippen molar-refractivity contribution >= 4 is 0 Å². The third kappa shape index (κ3) is 2.60. The molecular formula is C14H20FNO. The Morgan fingerprint density at radius 2 is 2.12 bits per heavy atom. The second-order valence-electron chi connectivity index (χ2n) is 5.37. The first-order chi connectivity index (χ1) is 8.05. The van der Waals surface area contributed by atoms with Crippen LogP contribution in [0, 0.1) is 17.2 Å². The molecule has 0 aliphatic heterocycles. The maximum atomic E-state index is 13.1. The molecule has 0 spiro atoms. The van der Waals surface area contributed by atoms with Gasteiger partial charge in [0.15, 0.2) is 11.6 Å². The Morgan fingerprint density at radius 3 is 2.71 bits per heavy atom.